The smallest absolute Gasteiger partial charge is 0.223 e. The lowest BCUT2D eigenvalue weighted by molar-refractivity contribution is 0.605. The Kier molecular flexibility index (Phi) is 1.67. The van der Waals surface area contributed by atoms with Crippen LogP contribution >= 0.6 is 0 Å². The number of nitrogens with zero attached hydrogens (tertiary/aromatic N) is 3. The maximum absolute atomic E-state index is 4.06. The van der Waals surface area contributed by atoms with Gasteiger partial charge in [0.05, 0.1) is 6.34 Å². The molecule has 0 spiro atoms. The van der Waals surface area contributed by atoms with Gasteiger partial charge in [-0.15, -0.1) is 0 Å². The summed E-state index contributed by atoms with van der Waals surface area (Å²) in [5, 5.41) is 2.86. The number of rotatable bonds is 0. The summed E-state index contributed by atoms with van der Waals surface area (Å²) in [4.78, 5) is 9.90. The highest BCUT2D eigenvalue weighted by Gasteiger charge is 1.98. The quantitative estimate of drug-likeness (QED) is 0.475. The number of nitrogens with one attached hydrogen (secondary N) is 1. The minimum absolute atomic E-state index is 0.636. The number of hydrogen-bond acceptors (Lipinski definition) is 4. The van der Waals surface area contributed by atoms with E-state index in [0.29, 0.717) is 6.67 Å². The van der Waals surface area contributed by atoms with Gasteiger partial charge in [-0.05, 0) is 0 Å². The van der Waals surface area contributed by atoms with Crippen LogP contribution in [-0.4, -0.2) is 38.0 Å². The molecular formula is C5H10N4. The molecule has 0 aromatic carbocycles. The van der Waals surface area contributed by atoms with Crippen LogP contribution in [0.1, 0.15) is 0 Å². The summed E-state index contributed by atoms with van der Waals surface area (Å²) in [7, 11) is 3.84. The maximum atomic E-state index is 4.06. The van der Waals surface area contributed by atoms with E-state index in [-0.39, 0.29) is 0 Å². The van der Waals surface area contributed by atoms with Crippen molar-refractivity contribution in [1.82, 2.24) is 10.2 Å². The third-order valence-electron chi connectivity index (χ3n) is 0.983. The van der Waals surface area contributed by atoms with Gasteiger partial charge in [-0.2, -0.15) is 0 Å². The van der Waals surface area contributed by atoms with Gasteiger partial charge >= 0.3 is 0 Å². The fourth-order valence-electron chi connectivity index (χ4n) is 0.558. The summed E-state index contributed by atoms with van der Waals surface area (Å²) in [6, 6.07) is 0. The molecule has 0 fully saturated rings. The first-order valence-corrected chi connectivity index (χ1v) is 2.78. The fourth-order valence-corrected chi connectivity index (χ4v) is 0.558. The van der Waals surface area contributed by atoms with Crippen LogP contribution < -0.4 is 5.32 Å². The molecule has 1 aliphatic rings. The lowest BCUT2D eigenvalue weighted by Crippen LogP contribution is -2.27. The van der Waals surface area contributed by atoms with Crippen molar-refractivity contribution in [3.63, 3.8) is 0 Å². The van der Waals surface area contributed by atoms with E-state index in [1.54, 1.807) is 6.34 Å². The molecule has 0 aliphatic carbocycles. The van der Waals surface area contributed by atoms with E-state index in [2.05, 4.69) is 15.3 Å². The molecule has 0 bridgehead atoms. The van der Waals surface area contributed by atoms with Crippen LogP contribution in [0.15, 0.2) is 9.98 Å². The Balaban J connectivity index is 2.58. The second kappa shape index (κ2) is 2.48. The molecule has 0 radical (unpaired) electrons. The molecule has 1 heterocycles. The summed E-state index contributed by atoms with van der Waals surface area (Å²) in [6.45, 7) is 0.636. The molecule has 9 heavy (non-hydrogen) atoms. The largest absolute Gasteiger partial charge is 0.357 e. The molecule has 1 N–H and O–H groups in total. The molecule has 0 saturated carbocycles. The van der Waals surface area contributed by atoms with Crippen LogP contribution in [0.3, 0.4) is 0 Å². The van der Waals surface area contributed by atoms with Crippen molar-refractivity contribution in [2.45, 2.75) is 0 Å². The lowest BCUT2D eigenvalue weighted by Gasteiger charge is -2.13. The van der Waals surface area contributed by atoms with E-state index in [1.165, 1.54) is 0 Å². The van der Waals surface area contributed by atoms with Crippen molar-refractivity contribution in [3.05, 3.63) is 0 Å². The zero-order chi connectivity index (χ0) is 6.69. The van der Waals surface area contributed by atoms with Crippen LogP contribution in [-0.2, 0) is 0 Å². The van der Waals surface area contributed by atoms with Crippen LogP contribution in [0.2, 0.25) is 0 Å². The van der Waals surface area contributed by atoms with Gasteiger partial charge in [0.15, 0.2) is 0 Å². The highest BCUT2D eigenvalue weighted by molar-refractivity contribution is 5.88. The topological polar surface area (TPSA) is 40.0 Å². The highest BCUT2D eigenvalue weighted by atomic mass is 15.3. The zero-order valence-corrected chi connectivity index (χ0v) is 5.63. The molecule has 4 nitrogen and oxygen atoms in total. The van der Waals surface area contributed by atoms with Crippen LogP contribution in [0.4, 0.5) is 0 Å². The minimum atomic E-state index is 0.636. The van der Waals surface area contributed by atoms with Gasteiger partial charge in [-0.1, -0.05) is 0 Å². The molecule has 0 amide bonds. The Morgan fingerprint density at radius 2 is 2.44 bits per heavy atom. The first-order valence-electron chi connectivity index (χ1n) is 2.78. The predicted octanol–water partition coefficient (Wildman–Crippen LogP) is -0.507. The summed E-state index contributed by atoms with van der Waals surface area (Å²) < 4.78 is 0. The van der Waals surface area contributed by atoms with Crippen molar-refractivity contribution < 1.29 is 0 Å². The van der Waals surface area contributed by atoms with Gasteiger partial charge in [0, 0.05) is 14.1 Å². The second-order valence-corrected chi connectivity index (χ2v) is 1.97. The van der Waals surface area contributed by atoms with Crippen molar-refractivity contribution in [3.8, 4) is 0 Å². The lowest BCUT2D eigenvalue weighted by atomic mass is 10.7. The molecule has 0 saturated heterocycles. The molecule has 0 aromatic rings. The Hall–Kier alpha value is -1.06. The minimum Gasteiger partial charge on any atom is -0.357 e. The van der Waals surface area contributed by atoms with Crippen LogP contribution in [0.5, 0.6) is 0 Å². The SMILES string of the molecule is CN(C)C1=NCNC=N1. The third kappa shape index (κ3) is 1.42. The number of hydrogen-bond donors (Lipinski definition) is 1. The normalized spacial score (nSPS) is 16.4. The van der Waals surface area contributed by atoms with Crippen molar-refractivity contribution in [2.75, 3.05) is 20.8 Å². The van der Waals surface area contributed by atoms with E-state index >= 15 is 0 Å². The molecule has 4 heteroatoms. The van der Waals surface area contributed by atoms with Crippen LogP contribution in [0.25, 0.3) is 0 Å². The average molecular weight is 126 g/mol. The van der Waals surface area contributed by atoms with E-state index < -0.39 is 0 Å². The molecule has 0 aromatic heterocycles. The van der Waals surface area contributed by atoms with Gasteiger partial charge in [0.1, 0.15) is 6.67 Å². The predicted molar refractivity (Wildman–Crippen MR) is 37.6 cm³/mol. The Labute approximate surface area is 54.3 Å². The van der Waals surface area contributed by atoms with Gasteiger partial charge in [-0.25, -0.2) is 9.98 Å². The van der Waals surface area contributed by atoms with E-state index in [9.17, 15) is 0 Å². The van der Waals surface area contributed by atoms with Crippen molar-refractivity contribution >= 4 is 12.3 Å². The zero-order valence-electron chi connectivity index (χ0n) is 5.63. The van der Waals surface area contributed by atoms with E-state index in [1.807, 2.05) is 19.0 Å². The van der Waals surface area contributed by atoms with Gasteiger partial charge < -0.3 is 10.2 Å². The van der Waals surface area contributed by atoms with Gasteiger partial charge in [-0.3, -0.25) is 0 Å². The molecule has 1 rings (SSSR count). The standard InChI is InChI=1S/C5H10N4/c1-9(2)5-7-3-6-4-8-5/h3H,4H2,1-2H3,(H,6,7,8). The Bertz CT molecular complexity index is 147. The highest BCUT2D eigenvalue weighted by Crippen LogP contribution is 1.86. The van der Waals surface area contributed by atoms with Crippen molar-refractivity contribution in [2.24, 2.45) is 9.98 Å². The summed E-state index contributed by atoms with van der Waals surface area (Å²) >= 11 is 0. The van der Waals surface area contributed by atoms with E-state index in [0.717, 1.165) is 5.96 Å². The number of aliphatic imine (C=N–C) groups is 2. The summed E-state index contributed by atoms with van der Waals surface area (Å²) in [5.74, 6) is 0.772. The summed E-state index contributed by atoms with van der Waals surface area (Å²) in [6.07, 6.45) is 1.66. The Morgan fingerprint density at radius 3 is 2.78 bits per heavy atom. The third-order valence-corrected chi connectivity index (χ3v) is 0.983. The van der Waals surface area contributed by atoms with Gasteiger partial charge in [0.2, 0.25) is 5.96 Å². The molecule has 0 atom stereocenters. The molecular weight excluding hydrogens is 116 g/mol. The first kappa shape index (κ1) is 6.07. The first-order chi connectivity index (χ1) is 4.30. The summed E-state index contributed by atoms with van der Waals surface area (Å²) in [5.41, 5.74) is 0. The molecule has 1 aliphatic heterocycles. The molecule has 50 valence electrons. The monoisotopic (exact) mass is 126 g/mol. The van der Waals surface area contributed by atoms with E-state index in [4.69, 9.17) is 0 Å². The van der Waals surface area contributed by atoms with Gasteiger partial charge in [0.25, 0.3) is 0 Å². The van der Waals surface area contributed by atoms with Crippen LogP contribution in [0, 0.1) is 0 Å². The fraction of sp³-hybridized carbons (Fsp3) is 0.600. The average Bonchev–Trinajstić information content (AvgIpc) is 1.90. The Morgan fingerprint density at radius 1 is 1.67 bits per heavy atom. The maximum Gasteiger partial charge on any atom is 0.223 e. The number of guanidine groups is 1. The second-order valence-electron chi connectivity index (χ2n) is 1.97. The molecule has 0 unspecified atom stereocenters. The van der Waals surface area contributed by atoms with Crippen molar-refractivity contribution in [1.29, 1.82) is 0 Å².